The van der Waals surface area contributed by atoms with Crippen LogP contribution in [0.4, 0.5) is 17.1 Å². The molecule has 0 aromatic heterocycles. The highest BCUT2D eigenvalue weighted by Gasteiger charge is 2.20. The van der Waals surface area contributed by atoms with Gasteiger partial charge in [0.05, 0.1) is 17.8 Å². The molecule has 1 aliphatic rings. The lowest BCUT2D eigenvalue weighted by molar-refractivity contribution is -0.118. The molecule has 0 fully saturated rings. The number of carbonyl (C=O) groups excluding carboxylic acids is 2. The maximum Gasteiger partial charge on any atom is 0.239 e. The monoisotopic (exact) mass is 234 g/mol. The fourth-order valence-electron chi connectivity index (χ4n) is 1.72. The first-order valence-electron chi connectivity index (χ1n) is 5.25. The van der Waals surface area contributed by atoms with Crippen LogP contribution < -0.4 is 22.1 Å². The number of amides is 2. The number of benzene rings is 1. The molecule has 0 spiro atoms. The number of nitrogens with one attached hydrogen (secondary N) is 2. The van der Waals surface area contributed by atoms with Gasteiger partial charge in [-0.1, -0.05) is 0 Å². The third-order valence-corrected chi connectivity index (χ3v) is 2.70. The zero-order valence-corrected chi connectivity index (χ0v) is 9.41. The van der Waals surface area contributed by atoms with E-state index in [9.17, 15) is 9.59 Å². The summed E-state index contributed by atoms with van der Waals surface area (Å²) in [6.45, 7) is 1.65. The number of primary amides is 1. The summed E-state index contributed by atoms with van der Waals surface area (Å²) in [6, 6.07) is 2.92. The molecule has 6 N–H and O–H groups in total. The Labute approximate surface area is 98.4 Å². The van der Waals surface area contributed by atoms with Gasteiger partial charge in [-0.3, -0.25) is 9.59 Å². The summed E-state index contributed by atoms with van der Waals surface area (Å²) in [4.78, 5) is 22.2. The number of carbonyl (C=O) groups is 2. The molecule has 0 saturated heterocycles. The highest BCUT2D eigenvalue weighted by molar-refractivity contribution is 6.01. The zero-order valence-electron chi connectivity index (χ0n) is 9.41. The molecule has 0 aliphatic carbocycles. The first kappa shape index (κ1) is 11.3. The van der Waals surface area contributed by atoms with E-state index in [1.54, 1.807) is 19.1 Å². The van der Waals surface area contributed by atoms with Crippen molar-refractivity contribution < 1.29 is 9.59 Å². The Morgan fingerprint density at radius 2 is 2.24 bits per heavy atom. The van der Waals surface area contributed by atoms with E-state index in [1.165, 1.54) is 0 Å². The average Bonchev–Trinajstić information content (AvgIpc) is 2.57. The van der Waals surface area contributed by atoms with Crippen molar-refractivity contribution in [3.63, 3.8) is 0 Å². The van der Waals surface area contributed by atoms with E-state index >= 15 is 0 Å². The van der Waals surface area contributed by atoms with E-state index in [-0.39, 0.29) is 5.91 Å². The molecule has 6 heteroatoms. The Kier molecular flexibility index (Phi) is 2.63. The van der Waals surface area contributed by atoms with Crippen LogP contribution in [0.1, 0.15) is 12.5 Å². The highest BCUT2D eigenvalue weighted by Crippen LogP contribution is 2.31. The van der Waals surface area contributed by atoms with Gasteiger partial charge >= 0.3 is 0 Å². The second-order valence-electron chi connectivity index (χ2n) is 4.09. The van der Waals surface area contributed by atoms with E-state index in [2.05, 4.69) is 10.6 Å². The number of hydrogen-bond acceptors (Lipinski definition) is 4. The molecule has 1 unspecified atom stereocenters. The standard InChI is InChI=1S/C11H14N4O2/c1-5(11(13)17)14-9-4-8-6(2-7(9)12)3-10(16)15-8/h2,4-5,14H,3,12H2,1H3,(H2,13,17)(H,15,16). The fourth-order valence-corrected chi connectivity index (χ4v) is 1.72. The van der Waals surface area contributed by atoms with Crippen molar-refractivity contribution in [1.82, 2.24) is 0 Å². The van der Waals surface area contributed by atoms with Crippen LogP contribution in [0.15, 0.2) is 12.1 Å². The van der Waals surface area contributed by atoms with Crippen LogP contribution in [-0.2, 0) is 16.0 Å². The van der Waals surface area contributed by atoms with E-state index in [0.29, 0.717) is 17.8 Å². The molecule has 6 nitrogen and oxygen atoms in total. The van der Waals surface area contributed by atoms with Crippen molar-refractivity contribution in [2.45, 2.75) is 19.4 Å². The molecule has 1 atom stereocenters. The quantitative estimate of drug-likeness (QED) is 0.554. The highest BCUT2D eigenvalue weighted by atomic mass is 16.2. The van der Waals surface area contributed by atoms with Crippen LogP contribution in [-0.4, -0.2) is 17.9 Å². The molecule has 1 aromatic rings. The average molecular weight is 234 g/mol. The smallest absolute Gasteiger partial charge is 0.239 e. The lowest BCUT2D eigenvalue weighted by atomic mass is 10.1. The van der Waals surface area contributed by atoms with Crippen LogP contribution in [0.2, 0.25) is 0 Å². The molecule has 17 heavy (non-hydrogen) atoms. The first-order chi connectivity index (χ1) is 7.97. The Morgan fingerprint density at radius 3 is 2.88 bits per heavy atom. The van der Waals surface area contributed by atoms with Crippen LogP contribution in [0.3, 0.4) is 0 Å². The largest absolute Gasteiger partial charge is 0.397 e. The fraction of sp³-hybridized carbons (Fsp3) is 0.273. The SMILES string of the molecule is CC(Nc1cc2c(cc1N)CC(=O)N2)C(N)=O. The Hall–Kier alpha value is -2.24. The lowest BCUT2D eigenvalue weighted by Crippen LogP contribution is -2.32. The van der Waals surface area contributed by atoms with Gasteiger partial charge in [-0.15, -0.1) is 0 Å². The predicted octanol–water partition coefficient (Wildman–Crippen LogP) is 0.0491. The maximum atomic E-state index is 11.2. The third-order valence-electron chi connectivity index (χ3n) is 2.70. The molecule has 1 heterocycles. The van der Waals surface area contributed by atoms with Gasteiger partial charge in [0.1, 0.15) is 6.04 Å². The number of nitrogen functional groups attached to an aromatic ring is 1. The minimum absolute atomic E-state index is 0.0560. The van der Waals surface area contributed by atoms with E-state index in [0.717, 1.165) is 11.3 Å². The van der Waals surface area contributed by atoms with Gasteiger partial charge in [-0.25, -0.2) is 0 Å². The summed E-state index contributed by atoms with van der Waals surface area (Å²) < 4.78 is 0. The van der Waals surface area contributed by atoms with Crippen molar-refractivity contribution in [3.8, 4) is 0 Å². The molecule has 0 saturated carbocycles. The molecule has 1 aliphatic heterocycles. The van der Waals surface area contributed by atoms with E-state index in [4.69, 9.17) is 11.5 Å². The van der Waals surface area contributed by atoms with Gasteiger partial charge in [0.15, 0.2) is 0 Å². The number of fused-ring (bicyclic) bond motifs is 1. The summed E-state index contributed by atoms with van der Waals surface area (Å²) >= 11 is 0. The lowest BCUT2D eigenvalue weighted by Gasteiger charge is -2.15. The van der Waals surface area contributed by atoms with Crippen LogP contribution in [0.5, 0.6) is 0 Å². The summed E-state index contributed by atoms with van der Waals surface area (Å²) in [5.74, 6) is -0.520. The van der Waals surface area contributed by atoms with Gasteiger partial charge < -0.3 is 22.1 Å². The number of anilines is 3. The molecular weight excluding hydrogens is 220 g/mol. The minimum atomic E-state index is -0.521. The summed E-state index contributed by atoms with van der Waals surface area (Å²) in [5.41, 5.74) is 13.7. The number of rotatable bonds is 3. The van der Waals surface area contributed by atoms with Crippen molar-refractivity contribution in [3.05, 3.63) is 17.7 Å². The number of hydrogen-bond donors (Lipinski definition) is 4. The molecule has 2 rings (SSSR count). The van der Waals surface area contributed by atoms with Crippen LogP contribution in [0.25, 0.3) is 0 Å². The Bertz CT molecular complexity index is 498. The summed E-state index contributed by atoms with van der Waals surface area (Å²) in [6.07, 6.45) is 0.338. The topological polar surface area (TPSA) is 110 Å². The third kappa shape index (κ3) is 2.15. The molecule has 90 valence electrons. The molecule has 0 bridgehead atoms. The van der Waals surface area contributed by atoms with Crippen LogP contribution in [0, 0.1) is 0 Å². The van der Waals surface area contributed by atoms with Crippen molar-refractivity contribution in [2.75, 3.05) is 16.4 Å². The first-order valence-corrected chi connectivity index (χ1v) is 5.25. The van der Waals surface area contributed by atoms with Crippen molar-refractivity contribution in [1.29, 1.82) is 0 Å². The maximum absolute atomic E-state index is 11.2. The Balaban J connectivity index is 2.28. The summed E-state index contributed by atoms with van der Waals surface area (Å²) in [7, 11) is 0. The van der Waals surface area contributed by atoms with Gasteiger partial charge in [0.2, 0.25) is 11.8 Å². The molecular formula is C11H14N4O2. The molecule has 0 radical (unpaired) electrons. The second kappa shape index (κ2) is 3.97. The normalized spacial score (nSPS) is 15.0. The number of nitrogens with two attached hydrogens (primary N) is 2. The van der Waals surface area contributed by atoms with Gasteiger partial charge in [-0.05, 0) is 24.6 Å². The second-order valence-corrected chi connectivity index (χ2v) is 4.09. The van der Waals surface area contributed by atoms with Gasteiger partial charge in [-0.2, -0.15) is 0 Å². The zero-order chi connectivity index (χ0) is 12.6. The van der Waals surface area contributed by atoms with Gasteiger partial charge in [0, 0.05) is 5.69 Å². The van der Waals surface area contributed by atoms with Crippen LogP contribution >= 0.6 is 0 Å². The van der Waals surface area contributed by atoms with E-state index < -0.39 is 11.9 Å². The molecule has 1 aromatic carbocycles. The Morgan fingerprint density at radius 1 is 1.53 bits per heavy atom. The minimum Gasteiger partial charge on any atom is -0.397 e. The van der Waals surface area contributed by atoms with Crippen molar-refractivity contribution >= 4 is 28.9 Å². The summed E-state index contributed by atoms with van der Waals surface area (Å²) in [5, 5.41) is 5.62. The predicted molar refractivity (Wildman–Crippen MR) is 65.5 cm³/mol. The van der Waals surface area contributed by atoms with Crippen molar-refractivity contribution in [2.24, 2.45) is 5.73 Å². The molecule has 2 amide bonds. The van der Waals surface area contributed by atoms with Gasteiger partial charge in [0.25, 0.3) is 0 Å². The van der Waals surface area contributed by atoms with E-state index in [1.807, 2.05) is 0 Å².